The Morgan fingerprint density at radius 2 is 1.71 bits per heavy atom. The fraction of sp³-hybridized carbons (Fsp3) is 0.625. The highest BCUT2D eigenvalue weighted by molar-refractivity contribution is 5.27. The molecule has 0 aliphatic heterocycles. The molecule has 0 saturated heterocycles. The minimum Gasteiger partial charge on any atom is -0.311 e. The second kappa shape index (κ2) is 3.84. The number of hydrogen-bond acceptors (Lipinski definition) is 1. The average Bonchev–Trinajstić information content (AvgIpc) is 2.81. The molecule has 1 N–H and O–H groups in total. The topological polar surface area (TPSA) is 12.0 Å². The van der Waals surface area contributed by atoms with Crippen LogP contribution in [0.1, 0.15) is 50.2 Å². The third-order valence-electron chi connectivity index (χ3n) is 4.64. The summed E-state index contributed by atoms with van der Waals surface area (Å²) >= 11 is 0. The van der Waals surface area contributed by atoms with E-state index < -0.39 is 0 Å². The largest absolute Gasteiger partial charge is 0.311 e. The first-order valence-corrected chi connectivity index (χ1v) is 6.87. The molecule has 3 rings (SSSR count). The maximum absolute atomic E-state index is 3.79. The Labute approximate surface area is 105 Å². The molecule has 1 aromatic carbocycles. The van der Waals surface area contributed by atoms with Gasteiger partial charge in [-0.1, -0.05) is 43.7 Å². The molecule has 0 bridgehead atoms. The summed E-state index contributed by atoms with van der Waals surface area (Å²) in [5.41, 5.74) is 3.46. The van der Waals surface area contributed by atoms with Gasteiger partial charge in [0, 0.05) is 12.1 Å². The van der Waals surface area contributed by atoms with E-state index in [1.807, 2.05) is 0 Å². The number of benzene rings is 1. The van der Waals surface area contributed by atoms with Crippen LogP contribution in [-0.4, -0.2) is 12.1 Å². The highest BCUT2D eigenvalue weighted by Crippen LogP contribution is 2.47. The van der Waals surface area contributed by atoms with Crippen LogP contribution in [0.5, 0.6) is 0 Å². The molecule has 2 saturated carbocycles. The van der Waals surface area contributed by atoms with Crippen LogP contribution in [0.3, 0.4) is 0 Å². The number of nitrogens with one attached hydrogen (secondary N) is 1. The summed E-state index contributed by atoms with van der Waals surface area (Å²) in [6, 6.07) is 10.6. The molecule has 2 fully saturated rings. The predicted octanol–water partition coefficient (Wildman–Crippen LogP) is 3.63. The lowest BCUT2D eigenvalue weighted by atomic mass is 9.75. The third-order valence-corrected chi connectivity index (χ3v) is 4.64. The molecule has 1 nitrogen and oxygen atoms in total. The first-order valence-electron chi connectivity index (χ1n) is 6.87. The predicted molar refractivity (Wildman–Crippen MR) is 72.3 cm³/mol. The van der Waals surface area contributed by atoms with Crippen molar-refractivity contribution in [1.29, 1.82) is 0 Å². The summed E-state index contributed by atoms with van der Waals surface area (Å²) in [5.74, 6) is 0.801. The number of aryl methyl sites for hydroxylation is 1. The molecule has 1 aromatic rings. The fourth-order valence-corrected chi connectivity index (χ4v) is 2.90. The third kappa shape index (κ3) is 2.26. The zero-order chi connectivity index (χ0) is 12.0. The molecule has 0 spiro atoms. The van der Waals surface area contributed by atoms with Gasteiger partial charge in [0.2, 0.25) is 0 Å². The zero-order valence-electron chi connectivity index (χ0n) is 11.2. The Kier molecular flexibility index (Phi) is 2.55. The average molecular weight is 229 g/mol. The van der Waals surface area contributed by atoms with Crippen LogP contribution in [0.25, 0.3) is 0 Å². The second-order valence-corrected chi connectivity index (χ2v) is 6.69. The zero-order valence-corrected chi connectivity index (χ0v) is 11.2. The van der Waals surface area contributed by atoms with Crippen molar-refractivity contribution in [2.24, 2.45) is 5.41 Å². The van der Waals surface area contributed by atoms with E-state index >= 15 is 0 Å². The molecule has 1 heteroatoms. The molecule has 17 heavy (non-hydrogen) atoms. The van der Waals surface area contributed by atoms with Crippen LogP contribution in [-0.2, 0) is 0 Å². The maximum atomic E-state index is 3.79. The fourth-order valence-electron chi connectivity index (χ4n) is 2.90. The van der Waals surface area contributed by atoms with Gasteiger partial charge in [0.25, 0.3) is 0 Å². The van der Waals surface area contributed by atoms with Crippen molar-refractivity contribution in [3.05, 3.63) is 35.4 Å². The monoisotopic (exact) mass is 229 g/mol. The molecular formula is C16H23N. The molecule has 2 aliphatic carbocycles. The summed E-state index contributed by atoms with van der Waals surface area (Å²) < 4.78 is 0. The standard InChI is InChI=1S/C16H23N/c1-11-4-6-12(7-5-11)13-8-14(9-13)17-15-10-16(15,2)3/h4-7,13-15,17H,8-10H2,1-3H3. The van der Waals surface area contributed by atoms with Crippen molar-refractivity contribution in [3.8, 4) is 0 Å². The Morgan fingerprint density at radius 1 is 1.12 bits per heavy atom. The molecule has 1 atom stereocenters. The van der Waals surface area contributed by atoms with Crippen LogP contribution in [0.4, 0.5) is 0 Å². The second-order valence-electron chi connectivity index (χ2n) is 6.69. The van der Waals surface area contributed by atoms with E-state index in [1.54, 1.807) is 0 Å². The first kappa shape index (κ1) is 11.3. The van der Waals surface area contributed by atoms with E-state index in [0.717, 1.165) is 18.0 Å². The molecule has 0 amide bonds. The van der Waals surface area contributed by atoms with Crippen molar-refractivity contribution in [1.82, 2.24) is 5.32 Å². The number of rotatable bonds is 3. The Bertz CT molecular complexity index is 398. The van der Waals surface area contributed by atoms with Crippen molar-refractivity contribution in [2.45, 2.75) is 58.0 Å². The van der Waals surface area contributed by atoms with Gasteiger partial charge in [-0.05, 0) is 43.1 Å². The normalized spacial score (nSPS) is 34.2. The highest BCUT2D eigenvalue weighted by Gasteiger charge is 2.47. The Morgan fingerprint density at radius 3 is 2.24 bits per heavy atom. The smallest absolute Gasteiger partial charge is 0.0127 e. The lowest BCUT2D eigenvalue weighted by molar-refractivity contribution is 0.279. The minimum absolute atomic E-state index is 0.564. The van der Waals surface area contributed by atoms with Gasteiger partial charge in [-0.3, -0.25) is 0 Å². The van der Waals surface area contributed by atoms with Gasteiger partial charge >= 0.3 is 0 Å². The van der Waals surface area contributed by atoms with Crippen LogP contribution >= 0.6 is 0 Å². The first-order chi connectivity index (χ1) is 8.04. The maximum Gasteiger partial charge on any atom is 0.0127 e. The van der Waals surface area contributed by atoms with E-state index in [1.165, 1.54) is 30.4 Å². The van der Waals surface area contributed by atoms with Crippen molar-refractivity contribution in [3.63, 3.8) is 0 Å². The molecule has 0 heterocycles. The van der Waals surface area contributed by atoms with Crippen LogP contribution in [0.2, 0.25) is 0 Å². The Balaban J connectivity index is 1.50. The van der Waals surface area contributed by atoms with Gasteiger partial charge in [0.15, 0.2) is 0 Å². The van der Waals surface area contributed by atoms with Crippen molar-refractivity contribution in [2.75, 3.05) is 0 Å². The van der Waals surface area contributed by atoms with Crippen molar-refractivity contribution < 1.29 is 0 Å². The van der Waals surface area contributed by atoms with Gasteiger partial charge in [0.1, 0.15) is 0 Å². The van der Waals surface area contributed by atoms with E-state index in [0.29, 0.717) is 5.41 Å². The summed E-state index contributed by atoms with van der Waals surface area (Å²) in [7, 11) is 0. The van der Waals surface area contributed by atoms with Gasteiger partial charge in [-0.2, -0.15) is 0 Å². The summed E-state index contributed by atoms with van der Waals surface area (Å²) in [6.07, 6.45) is 4.02. The van der Waals surface area contributed by atoms with E-state index in [4.69, 9.17) is 0 Å². The van der Waals surface area contributed by atoms with Gasteiger partial charge < -0.3 is 5.32 Å². The minimum atomic E-state index is 0.564. The SMILES string of the molecule is Cc1ccc(C2CC(NC3CC3(C)C)C2)cc1. The highest BCUT2D eigenvalue weighted by atomic mass is 15.0. The summed E-state index contributed by atoms with van der Waals surface area (Å²) in [5, 5.41) is 3.79. The summed E-state index contributed by atoms with van der Waals surface area (Å²) in [4.78, 5) is 0. The molecular weight excluding hydrogens is 206 g/mol. The van der Waals surface area contributed by atoms with Crippen LogP contribution in [0, 0.1) is 12.3 Å². The number of hydrogen-bond donors (Lipinski definition) is 1. The molecule has 0 aromatic heterocycles. The molecule has 2 aliphatic rings. The van der Waals surface area contributed by atoms with E-state index in [9.17, 15) is 0 Å². The Hall–Kier alpha value is -0.820. The van der Waals surface area contributed by atoms with Gasteiger partial charge in [-0.15, -0.1) is 0 Å². The molecule has 0 radical (unpaired) electrons. The van der Waals surface area contributed by atoms with Crippen LogP contribution in [0.15, 0.2) is 24.3 Å². The quantitative estimate of drug-likeness (QED) is 0.834. The molecule has 92 valence electrons. The van der Waals surface area contributed by atoms with Crippen molar-refractivity contribution >= 4 is 0 Å². The lowest BCUT2D eigenvalue weighted by Crippen LogP contribution is -2.42. The summed E-state index contributed by atoms with van der Waals surface area (Å²) in [6.45, 7) is 6.88. The lowest BCUT2D eigenvalue weighted by Gasteiger charge is -2.37. The van der Waals surface area contributed by atoms with E-state index in [-0.39, 0.29) is 0 Å². The van der Waals surface area contributed by atoms with Gasteiger partial charge in [0.05, 0.1) is 0 Å². The van der Waals surface area contributed by atoms with Crippen LogP contribution < -0.4 is 5.32 Å². The molecule has 1 unspecified atom stereocenters. The van der Waals surface area contributed by atoms with E-state index in [2.05, 4.69) is 50.4 Å². The van der Waals surface area contributed by atoms with Gasteiger partial charge in [-0.25, -0.2) is 0 Å².